The van der Waals surface area contributed by atoms with Crippen molar-refractivity contribution in [1.29, 1.82) is 0 Å². The number of nitrogens with zero attached hydrogens (tertiary/aromatic N) is 1. The molecule has 1 aliphatic heterocycles. The predicted octanol–water partition coefficient (Wildman–Crippen LogP) is 4.86. The Bertz CT molecular complexity index is 1000. The van der Waals surface area contributed by atoms with E-state index in [0.717, 1.165) is 29.6 Å². The zero-order chi connectivity index (χ0) is 19.0. The van der Waals surface area contributed by atoms with Gasteiger partial charge >= 0.3 is 0 Å². The highest BCUT2D eigenvalue weighted by Crippen LogP contribution is 2.32. The van der Waals surface area contributed by atoms with E-state index in [-0.39, 0.29) is 5.92 Å². The van der Waals surface area contributed by atoms with Crippen LogP contribution >= 0.6 is 0 Å². The Kier molecular flexibility index (Phi) is 4.82. The molecular weight excluding hydrogens is 356 g/mol. The minimum Gasteiger partial charge on any atom is -0.358 e. The molecule has 4 nitrogen and oxygen atoms in total. The molecule has 0 bridgehead atoms. The van der Waals surface area contributed by atoms with E-state index in [1.807, 2.05) is 24.3 Å². The highest BCUT2D eigenvalue weighted by molar-refractivity contribution is 7.89. The molecule has 0 saturated carbocycles. The third-order valence-electron chi connectivity index (χ3n) is 5.56. The van der Waals surface area contributed by atoms with Crippen LogP contribution in [0.25, 0.3) is 10.9 Å². The summed E-state index contributed by atoms with van der Waals surface area (Å²) in [6.07, 6.45) is 1.88. The number of sulfonamides is 1. The molecule has 1 aromatic heterocycles. The lowest BCUT2D eigenvalue weighted by Crippen LogP contribution is -2.39. The number of rotatable bonds is 4. The quantitative estimate of drug-likeness (QED) is 0.700. The Labute approximate surface area is 161 Å². The third-order valence-corrected chi connectivity index (χ3v) is 7.44. The van der Waals surface area contributed by atoms with Gasteiger partial charge in [0.2, 0.25) is 10.0 Å². The van der Waals surface area contributed by atoms with Crippen LogP contribution in [0.5, 0.6) is 0 Å². The van der Waals surface area contributed by atoms with Crippen LogP contribution in [0.15, 0.2) is 59.5 Å². The minimum atomic E-state index is -3.46. The number of para-hydroxylation sites is 1. The van der Waals surface area contributed by atoms with Crippen LogP contribution in [0, 0.1) is 0 Å². The summed E-state index contributed by atoms with van der Waals surface area (Å²) in [4.78, 5) is 3.87. The maximum atomic E-state index is 13.1. The van der Waals surface area contributed by atoms with Crippen molar-refractivity contribution < 1.29 is 8.42 Å². The summed E-state index contributed by atoms with van der Waals surface area (Å²) < 4.78 is 27.9. The molecule has 0 radical (unpaired) electrons. The van der Waals surface area contributed by atoms with Gasteiger partial charge in [-0.25, -0.2) is 8.42 Å². The normalized spacial score (nSPS) is 19.0. The van der Waals surface area contributed by atoms with Crippen molar-refractivity contribution >= 4 is 20.9 Å². The van der Waals surface area contributed by atoms with Gasteiger partial charge in [-0.05, 0) is 54.0 Å². The number of fused-ring (bicyclic) bond motifs is 1. The van der Waals surface area contributed by atoms with E-state index in [1.165, 1.54) is 5.39 Å². The number of piperidine rings is 1. The van der Waals surface area contributed by atoms with Crippen molar-refractivity contribution in [2.45, 2.75) is 43.4 Å². The summed E-state index contributed by atoms with van der Waals surface area (Å²) >= 11 is 0. The Morgan fingerprint density at radius 2 is 1.81 bits per heavy atom. The van der Waals surface area contributed by atoms with Crippen molar-refractivity contribution in [1.82, 2.24) is 9.29 Å². The maximum absolute atomic E-state index is 13.1. The third kappa shape index (κ3) is 3.54. The summed E-state index contributed by atoms with van der Waals surface area (Å²) in [5.41, 5.74) is 3.39. The van der Waals surface area contributed by atoms with E-state index < -0.39 is 10.0 Å². The van der Waals surface area contributed by atoms with Gasteiger partial charge in [-0.1, -0.05) is 44.2 Å². The summed E-state index contributed by atoms with van der Waals surface area (Å²) in [5, 5.41) is 1.18. The fourth-order valence-electron chi connectivity index (χ4n) is 3.90. The lowest BCUT2D eigenvalue weighted by molar-refractivity contribution is 0.313. The van der Waals surface area contributed by atoms with Gasteiger partial charge in [0.15, 0.2) is 0 Å². The van der Waals surface area contributed by atoms with E-state index in [2.05, 4.69) is 37.0 Å². The summed E-state index contributed by atoms with van der Waals surface area (Å²) in [6.45, 7) is 5.34. The Balaban J connectivity index is 1.58. The van der Waals surface area contributed by atoms with Gasteiger partial charge in [0, 0.05) is 30.2 Å². The molecule has 0 aliphatic carbocycles. The van der Waals surface area contributed by atoms with Crippen LogP contribution in [0.4, 0.5) is 0 Å². The molecule has 0 spiro atoms. The number of hydrogen-bond donors (Lipinski definition) is 1. The molecule has 1 aliphatic rings. The first-order valence-corrected chi connectivity index (χ1v) is 11.1. The van der Waals surface area contributed by atoms with Crippen molar-refractivity contribution in [3.05, 3.63) is 65.9 Å². The van der Waals surface area contributed by atoms with Gasteiger partial charge < -0.3 is 4.98 Å². The van der Waals surface area contributed by atoms with E-state index in [9.17, 15) is 8.42 Å². The molecule has 1 fully saturated rings. The number of benzene rings is 2. The van der Waals surface area contributed by atoms with Crippen LogP contribution in [0.3, 0.4) is 0 Å². The van der Waals surface area contributed by atoms with Gasteiger partial charge in [0.25, 0.3) is 0 Å². The molecule has 1 saturated heterocycles. The molecule has 1 unspecified atom stereocenters. The summed E-state index contributed by atoms with van der Waals surface area (Å²) in [5.74, 6) is 0.596. The average molecular weight is 383 g/mol. The summed E-state index contributed by atoms with van der Waals surface area (Å²) in [7, 11) is -3.46. The number of hydrogen-bond acceptors (Lipinski definition) is 2. The molecule has 27 heavy (non-hydrogen) atoms. The summed E-state index contributed by atoms with van der Waals surface area (Å²) in [6, 6.07) is 17.7. The number of aromatic nitrogens is 1. The van der Waals surface area contributed by atoms with Crippen LogP contribution in [0.2, 0.25) is 0 Å². The molecule has 142 valence electrons. The first-order chi connectivity index (χ1) is 12.9. The van der Waals surface area contributed by atoms with Crippen LogP contribution in [-0.2, 0) is 10.0 Å². The number of H-pyrrole nitrogens is 1. The standard InChI is InChI=1S/C22H26N2O2S/c1-16(2)17-9-11-20(12-10-17)27(25,26)24-13-5-7-19(15-24)22-14-18-6-3-4-8-21(18)23-22/h3-4,6,8-12,14,16,19,23H,5,7,13,15H2,1-2H3. The number of aromatic amines is 1. The lowest BCUT2D eigenvalue weighted by atomic mass is 9.96. The maximum Gasteiger partial charge on any atom is 0.243 e. The fourth-order valence-corrected chi connectivity index (χ4v) is 5.43. The molecular formula is C22H26N2O2S. The predicted molar refractivity (Wildman–Crippen MR) is 110 cm³/mol. The van der Waals surface area contributed by atoms with Crippen LogP contribution in [-0.4, -0.2) is 30.8 Å². The molecule has 5 heteroatoms. The second kappa shape index (κ2) is 7.13. The highest BCUT2D eigenvalue weighted by atomic mass is 32.2. The Morgan fingerprint density at radius 1 is 1.07 bits per heavy atom. The zero-order valence-corrected chi connectivity index (χ0v) is 16.7. The van der Waals surface area contributed by atoms with E-state index in [0.29, 0.717) is 23.9 Å². The molecule has 4 rings (SSSR count). The number of nitrogens with one attached hydrogen (secondary N) is 1. The first kappa shape index (κ1) is 18.3. The zero-order valence-electron chi connectivity index (χ0n) is 15.9. The smallest absolute Gasteiger partial charge is 0.243 e. The molecule has 2 heterocycles. The van der Waals surface area contributed by atoms with Gasteiger partial charge in [-0.2, -0.15) is 4.31 Å². The van der Waals surface area contributed by atoms with Crippen molar-refractivity contribution in [3.8, 4) is 0 Å². The topological polar surface area (TPSA) is 53.2 Å². The molecule has 0 amide bonds. The van der Waals surface area contributed by atoms with Crippen molar-refractivity contribution in [2.75, 3.05) is 13.1 Å². The second-order valence-corrected chi connectivity index (χ2v) is 9.68. The average Bonchev–Trinajstić information content (AvgIpc) is 3.12. The van der Waals surface area contributed by atoms with Gasteiger partial charge in [0.1, 0.15) is 0 Å². The van der Waals surface area contributed by atoms with Gasteiger partial charge in [-0.15, -0.1) is 0 Å². The Hall–Kier alpha value is -2.11. The highest BCUT2D eigenvalue weighted by Gasteiger charge is 2.31. The van der Waals surface area contributed by atoms with E-state index >= 15 is 0 Å². The lowest BCUT2D eigenvalue weighted by Gasteiger charge is -2.31. The van der Waals surface area contributed by atoms with E-state index in [1.54, 1.807) is 16.4 Å². The molecule has 1 atom stereocenters. The fraction of sp³-hybridized carbons (Fsp3) is 0.364. The molecule has 3 aromatic rings. The first-order valence-electron chi connectivity index (χ1n) is 9.63. The Morgan fingerprint density at radius 3 is 2.52 bits per heavy atom. The van der Waals surface area contributed by atoms with Gasteiger partial charge in [0.05, 0.1) is 4.90 Å². The van der Waals surface area contributed by atoms with E-state index in [4.69, 9.17) is 0 Å². The second-order valence-electron chi connectivity index (χ2n) is 7.74. The minimum absolute atomic E-state index is 0.205. The monoisotopic (exact) mass is 382 g/mol. The van der Waals surface area contributed by atoms with Gasteiger partial charge in [-0.3, -0.25) is 0 Å². The molecule has 2 aromatic carbocycles. The largest absolute Gasteiger partial charge is 0.358 e. The van der Waals surface area contributed by atoms with Crippen LogP contribution in [0.1, 0.15) is 49.8 Å². The SMILES string of the molecule is CC(C)c1ccc(S(=O)(=O)N2CCCC(c3cc4ccccc4[nH]3)C2)cc1. The van der Waals surface area contributed by atoms with Crippen molar-refractivity contribution in [3.63, 3.8) is 0 Å². The van der Waals surface area contributed by atoms with Crippen LogP contribution < -0.4 is 0 Å². The van der Waals surface area contributed by atoms with Crippen molar-refractivity contribution in [2.24, 2.45) is 0 Å². The molecule has 1 N–H and O–H groups in total.